The lowest BCUT2D eigenvalue weighted by molar-refractivity contribution is -0.164. The molecule has 5 aliphatic rings. The summed E-state index contributed by atoms with van der Waals surface area (Å²) in [6, 6.07) is 6.00. The molecule has 7 atom stereocenters. The van der Waals surface area contributed by atoms with E-state index in [4.69, 9.17) is 0 Å². The molecule has 2 aromatic heterocycles. The highest BCUT2D eigenvalue weighted by molar-refractivity contribution is 6.04. The Balaban J connectivity index is 1.34. The van der Waals surface area contributed by atoms with Crippen molar-refractivity contribution < 1.29 is 14.4 Å². The van der Waals surface area contributed by atoms with Crippen LogP contribution in [-0.2, 0) is 9.59 Å². The normalized spacial score (nSPS) is 39.0. The lowest BCUT2D eigenvalue weighted by atomic mass is 9.34. The lowest BCUT2D eigenvalue weighted by Gasteiger charge is -2.69. The van der Waals surface area contributed by atoms with Crippen LogP contribution in [0.25, 0.3) is 11.3 Å². The molecule has 7 rings (SSSR count). The minimum Gasteiger partial charge on any atom is -0.295 e. The van der Waals surface area contributed by atoms with E-state index >= 15 is 0 Å². The number of rotatable bonds is 2. The molecule has 0 aromatic carbocycles. The fraction of sp³-hybridized carbons (Fsp3) is 0.590. The number of hydrogen-bond acceptors (Lipinski definition) is 6. The van der Waals surface area contributed by atoms with Crippen molar-refractivity contribution in [2.45, 2.75) is 93.4 Å². The molecular formula is C39H46N4O3. The van der Waals surface area contributed by atoms with Gasteiger partial charge in [-0.15, -0.1) is 0 Å². The average Bonchev–Trinajstić information content (AvgIpc) is 3.50. The highest BCUT2D eigenvalue weighted by atomic mass is 16.2. The maximum absolute atomic E-state index is 14.8. The van der Waals surface area contributed by atoms with E-state index in [1.54, 1.807) is 23.3 Å². The number of hydrogen-bond donors (Lipinski definition) is 0. The van der Waals surface area contributed by atoms with E-state index in [1.807, 2.05) is 44.3 Å². The summed E-state index contributed by atoms with van der Waals surface area (Å²) >= 11 is 0. The number of nitriles is 1. The topological polar surface area (TPSA) is 106 Å². The van der Waals surface area contributed by atoms with Gasteiger partial charge in [0.25, 0.3) is 0 Å². The van der Waals surface area contributed by atoms with E-state index in [0.717, 1.165) is 56.1 Å². The van der Waals surface area contributed by atoms with Crippen LogP contribution in [0, 0.1) is 61.6 Å². The molecular weight excluding hydrogens is 572 g/mol. The number of allylic oxidation sites excluding steroid dienone is 4. The highest BCUT2D eigenvalue weighted by Crippen LogP contribution is 2.74. The Morgan fingerprint density at radius 3 is 2.46 bits per heavy atom. The Labute approximate surface area is 272 Å². The quantitative estimate of drug-likeness (QED) is 0.340. The number of aromatic nitrogens is 3. The predicted octanol–water partition coefficient (Wildman–Crippen LogP) is 7.80. The van der Waals surface area contributed by atoms with Crippen molar-refractivity contribution in [2.24, 2.45) is 50.2 Å². The van der Waals surface area contributed by atoms with E-state index in [-0.39, 0.29) is 57.0 Å². The molecule has 2 heterocycles. The Hall–Kier alpha value is -3.66. The molecule has 0 bridgehead atoms. The molecule has 0 radical (unpaired) electrons. The zero-order valence-electron chi connectivity index (χ0n) is 28.3. The molecule has 0 saturated heterocycles. The SMILES string of the molecule is CC1(C)CC[C@@]2(C(=O)n3cnc(-c4cccnc4)c3)CC[C@@]3(C)[C@@H](C(=O)C=C4[C@]5(C)C=C(C#N)C(=O)C(C)(C)C5CC[C@@]43C)[C@@H]2C1. The fourth-order valence-electron chi connectivity index (χ4n) is 11.4. The van der Waals surface area contributed by atoms with E-state index < -0.39 is 16.2 Å². The summed E-state index contributed by atoms with van der Waals surface area (Å²) in [7, 11) is 0. The third-order valence-electron chi connectivity index (χ3n) is 14.1. The molecule has 3 fully saturated rings. The van der Waals surface area contributed by atoms with Crippen LogP contribution in [0.15, 0.2) is 60.3 Å². The molecule has 7 nitrogen and oxygen atoms in total. The molecule has 0 N–H and O–H groups in total. The van der Waals surface area contributed by atoms with Crippen molar-refractivity contribution in [3.8, 4) is 17.3 Å². The molecule has 0 amide bonds. The van der Waals surface area contributed by atoms with E-state index in [2.05, 4.69) is 50.7 Å². The molecule has 3 saturated carbocycles. The van der Waals surface area contributed by atoms with Crippen molar-refractivity contribution in [1.29, 1.82) is 5.26 Å². The number of nitrogens with zero attached hydrogens (tertiary/aromatic N) is 4. The fourth-order valence-corrected chi connectivity index (χ4v) is 11.4. The third kappa shape index (κ3) is 3.91. The van der Waals surface area contributed by atoms with Gasteiger partial charge >= 0.3 is 0 Å². The van der Waals surface area contributed by atoms with Gasteiger partial charge in [-0.3, -0.25) is 23.9 Å². The van der Waals surface area contributed by atoms with Crippen LogP contribution in [0.4, 0.5) is 0 Å². The summed E-state index contributed by atoms with van der Waals surface area (Å²) in [5.41, 5.74) is 0.266. The average molecular weight is 619 g/mol. The third-order valence-corrected chi connectivity index (χ3v) is 14.1. The molecule has 1 unspecified atom stereocenters. The van der Waals surface area contributed by atoms with Gasteiger partial charge in [-0.2, -0.15) is 5.26 Å². The smallest absolute Gasteiger partial charge is 0.238 e. The first-order valence-corrected chi connectivity index (χ1v) is 17.0. The van der Waals surface area contributed by atoms with Crippen LogP contribution < -0.4 is 0 Å². The maximum atomic E-state index is 14.8. The largest absolute Gasteiger partial charge is 0.295 e. The monoisotopic (exact) mass is 618 g/mol. The van der Waals surface area contributed by atoms with Crippen LogP contribution in [0.1, 0.15) is 98.2 Å². The molecule has 0 spiro atoms. The summed E-state index contributed by atoms with van der Waals surface area (Å²) in [6.45, 7) is 15.3. The van der Waals surface area contributed by atoms with Crippen molar-refractivity contribution in [1.82, 2.24) is 14.5 Å². The molecule has 240 valence electrons. The minimum atomic E-state index is -0.696. The number of pyridine rings is 1. The molecule has 0 aliphatic heterocycles. The number of carbonyl (C=O) groups is 3. The molecule has 46 heavy (non-hydrogen) atoms. The zero-order chi connectivity index (χ0) is 33.1. The number of imidazole rings is 1. The van der Waals surface area contributed by atoms with E-state index in [1.165, 1.54) is 0 Å². The lowest BCUT2D eigenvalue weighted by Crippen LogP contribution is -2.66. The number of Topliss-reactive ketones (excluding diaryl/α,β-unsaturated/α-hetero) is 1. The van der Waals surface area contributed by atoms with Gasteiger partial charge in [0, 0.05) is 40.9 Å². The summed E-state index contributed by atoms with van der Waals surface area (Å²) in [6.07, 6.45) is 16.5. The first-order chi connectivity index (χ1) is 21.5. The summed E-state index contributed by atoms with van der Waals surface area (Å²) in [5.74, 6) is -0.323. The zero-order valence-corrected chi connectivity index (χ0v) is 28.3. The van der Waals surface area contributed by atoms with Crippen molar-refractivity contribution in [3.63, 3.8) is 0 Å². The first-order valence-electron chi connectivity index (χ1n) is 17.0. The summed E-state index contributed by atoms with van der Waals surface area (Å²) < 4.78 is 1.67. The van der Waals surface area contributed by atoms with Gasteiger partial charge in [-0.1, -0.05) is 60.1 Å². The van der Waals surface area contributed by atoms with Gasteiger partial charge in [0.1, 0.15) is 12.4 Å². The van der Waals surface area contributed by atoms with E-state index in [0.29, 0.717) is 5.69 Å². The Morgan fingerprint density at radius 2 is 1.76 bits per heavy atom. The van der Waals surface area contributed by atoms with Crippen LogP contribution in [0.5, 0.6) is 0 Å². The Kier molecular flexibility index (Phi) is 6.52. The van der Waals surface area contributed by atoms with E-state index in [9.17, 15) is 19.6 Å². The van der Waals surface area contributed by atoms with Gasteiger partial charge in [0.05, 0.1) is 16.7 Å². The second kappa shape index (κ2) is 9.69. The molecule has 2 aromatic rings. The van der Waals surface area contributed by atoms with Crippen LogP contribution >= 0.6 is 0 Å². The van der Waals surface area contributed by atoms with Crippen LogP contribution in [0.2, 0.25) is 0 Å². The standard InChI is InChI=1S/C39H46N4O3/c1-34(2)12-14-39(33(46)43-22-27(42-23-43)24-9-8-16-41-21-24)15-13-38(7)31(26(39)19-34)28(44)17-30-36(5)18-25(20-40)32(45)35(3,4)29(36)10-11-37(30,38)6/h8-9,16-18,21-23,26,29,31H,10-15,19H2,1-7H3/t26-,29?,31+,36+,37-,38-,39+/m0/s1. The number of fused-ring (bicyclic) bond motifs is 7. The maximum Gasteiger partial charge on any atom is 0.238 e. The van der Waals surface area contributed by atoms with Crippen LogP contribution in [-0.4, -0.2) is 32.0 Å². The van der Waals surface area contributed by atoms with Gasteiger partial charge < -0.3 is 0 Å². The van der Waals surface area contributed by atoms with Crippen LogP contribution in [0.3, 0.4) is 0 Å². The summed E-state index contributed by atoms with van der Waals surface area (Å²) in [4.78, 5) is 51.8. The Morgan fingerprint density at radius 1 is 1.02 bits per heavy atom. The van der Waals surface area contributed by atoms with Gasteiger partial charge in [0.15, 0.2) is 11.6 Å². The summed E-state index contributed by atoms with van der Waals surface area (Å²) in [5, 5.41) is 10.0. The van der Waals surface area contributed by atoms with Crippen molar-refractivity contribution in [3.05, 3.63) is 60.3 Å². The second-order valence-electron chi connectivity index (χ2n) is 17.1. The minimum absolute atomic E-state index is 0.00463. The second-order valence-corrected chi connectivity index (χ2v) is 17.1. The predicted molar refractivity (Wildman–Crippen MR) is 175 cm³/mol. The Bertz CT molecular complexity index is 1770. The van der Waals surface area contributed by atoms with Gasteiger partial charge in [-0.05, 0) is 91.2 Å². The van der Waals surface area contributed by atoms with Crippen molar-refractivity contribution in [2.75, 3.05) is 0 Å². The number of carbonyl (C=O) groups excluding carboxylic acids is 3. The number of ketones is 2. The van der Waals surface area contributed by atoms with Crippen molar-refractivity contribution >= 4 is 17.5 Å². The van der Waals surface area contributed by atoms with Gasteiger partial charge in [-0.25, -0.2) is 4.98 Å². The molecule has 7 heteroatoms. The highest BCUT2D eigenvalue weighted by Gasteiger charge is 2.71. The molecule has 5 aliphatic carbocycles. The van der Waals surface area contributed by atoms with Gasteiger partial charge in [0.2, 0.25) is 5.91 Å². The first kappa shape index (κ1) is 31.0.